The smallest absolute Gasteiger partial charge is 0.254 e. The van der Waals surface area contributed by atoms with E-state index in [0.717, 1.165) is 25.1 Å². The van der Waals surface area contributed by atoms with Gasteiger partial charge in [-0.2, -0.15) is 0 Å². The summed E-state index contributed by atoms with van der Waals surface area (Å²) in [5.74, 6) is -0.464. The highest BCUT2D eigenvalue weighted by atomic mass is 32.2. The molecular formula is C25H35N3O5S. The lowest BCUT2D eigenvalue weighted by Crippen LogP contribution is -2.68. The van der Waals surface area contributed by atoms with Gasteiger partial charge in [-0.25, -0.2) is 12.7 Å². The van der Waals surface area contributed by atoms with Crippen molar-refractivity contribution in [2.75, 3.05) is 39.4 Å². The van der Waals surface area contributed by atoms with Crippen molar-refractivity contribution in [3.8, 4) is 0 Å². The Bertz CT molecular complexity index is 1050. The maximum Gasteiger partial charge on any atom is 0.254 e. The van der Waals surface area contributed by atoms with Crippen molar-refractivity contribution in [3.05, 3.63) is 35.4 Å². The molecule has 0 aliphatic carbocycles. The minimum Gasteiger partial charge on any atom is -0.381 e. The normalized spacial score (nSPS) is 26.0. The van der Waals surface area contributed by atoms with Gasteiger partial charge in [-0.05, 0) is 57.6 Å². The van der Waals surface area contributed by atoms with Gasteiger partial charge in [0.25, 0.3) is 5.91 Å². The summed E-state index contributed by atoms with van der Waals surface area (Å²) in [6.45, 7) is 7.06. The van der Waals surface area contributed by atoms with Crippen molar-refractivity contribution >= 4 is 21.8 Å². The summed E-state index contributed by atoms with van der Waals surface area (Å²) in [5, 5.41) is -0.413. The number of fused-ring (bicyclic) bond motifs is 1. The average molecular weight is 490 g/mol. The number of carbonyl (C=O) groups excluding carboxylic acids is 2. The van der Waals surface area contributed by atoms with E-state index in [9.17, 15) is 18.0 Å². The van der Waals surface area contributed by atoms with Crippen LogP contribution >= 0.6 is 0 Å². The number of carbonyl (C=O) groups is 2. The topological polar surface area (TPSA) is 87.2 Å². The van der Waals surface area contributed by atoms with Gasteiger partial charge in [0.1, 0.15) is 0 Å². The number of piperidine rings is 1. The molecule has 1 aromatic rings. The minimum absolute atomic E-state index is 0.0565. The van der Waals surface area contributed by atoms with Crippen LogP contribution < -0.4 is 0 Å². The van der Waals surface area contributed by atoms with E-state index >= 15 is 0 Å². The second kappa shape index (κ2) is 8.91. The van der Waals surface area contributed by atoms with Crippen LogP contribution in [0.25, 0.3) is 0 Å². The molecule has 5 rings (SSSR count). The number of hydrogen-bond acceptors (Lipinski definition) is 5. The molecule has 1 aromatic carbocycles. The molecule has 186 valence electrons. The Labute approximate surface area is 202 Å². The van der Waals surface area contributed by atoms with Gasteiger partial charge in [0.2, 0.25) is 15.9 Å². The van der Waals surface area contributed by atoms with Gasteiger partial charge in [0.15, 0.2) is 0 Å². The number of ether oxygens (including phenoxy) is 1. The molecule has 4 heterocycles. The van der Waals surface area contributed by atoms with E-state index in [1.54, 1.807) is 4.31 Å². The largest absolute Gasteiger partial charge is 0.381 e. The molecule has 3 fully saturated rings. The number of rotatable bonds is 4. The zero-order valence-corrected chi connectivity index (χ0v) is 20.9. The molecule has 9 heteroatoms. The van der Waals surface area contributed by atoms with Crippen LogP contribution in [0.15, 0.2) is 24.3 Å². The number of amides is 2. The summed E-state index contributed by atoms with van der Waals surface area (Å²) in [4.78, 5) is 31.4. The van der Waals surface area contributed by atoms with Gasteiger partial charge in [-0.3, -0.25) is 9.59 Å². The Kier molecular flexibility index (Phi) is 6.23. The van der Waals surface area contributed by atoms with Gasteiger partial charge < -0.3 is 14.5 Å². The molecule has 4 aliphatic heterocycles. The highest BCUT2D eigenvalue weighted by Crippen LogP contribution is 2.49. The van der Waals surface area contributed by atoms with Crippen molar-refractivity contribution in [2.45, 2.75) is 68.7 Å². The number of hydrogen-bond donors (Lipinski definition) is 0. The van der Waals surface area contributed by atoms with E-state index in [1.165, 1.54) is 0 Å². The van der Waals surface area contributed by atoms with Crippen molar-refractivity contribution < 1.29 is 22.7 Å². The fourth-order valence-electron chi connectivity index (χ4n) is 6.38. The molecule has 8 nitrogen and oxygen atoms in total. The summed E-state index contributed by atoms with van der Waals surface area (Å²) < 4.78 is 33.7. The predicted molar refractivity (Wildman–Crippen MR) is 128 cm³/mol. The minimum atomic E-state index is -3.45. The molecule has 3 saturated heterocycles. The van der Waals surface area contributed by atoms with Crippen LogP contribution in [0, 0.1) is 0 Å². The number of nitrogens with zero attached hydrogens (tertiary/aromatic N) is 3. The van der Waals surface area contributed by atoms with Crippen LogP contribution in [0.4, 0.5) is 0 Å². The van der Waals surface area contributed by atoms with Crippen LogP contribution in [0.5, 0.6) is 0 Å². The third-order valence-electron chi connectivity index (χ3n) is 8.21. The van der Waals surface area contributed by atoms with E-state index in [-0.39, 0.29) is 17.9 Å². The van der Waals surface area contributed by atoms with Crippen LogP contribution in [0.2, 0.25) is 0 Å². The Balaban J connectivity index is 1.52. The second-order valence-electron chi connectivity index (χ2n) is 10.3. The second-order valence-corrected chi connectivity index (χ2v) is 12.5. The van der Waals surface area contributed by atoms with E-state index in [1.807, 2.05) is 47.9 Å². The molecule has 1 spiro atoms. The lowest BCUT2D eigenvalue weighted by molar-refractivity contribution is -0.142. The van der Waals surface area contributed by atoms with Crippen molar-refractivity contribution in [3.63, 3.8) is 0 Å². The SMILES string of the molecule is CC(C)N1C(=O)c2ccccc2C(C(=O)N2CCC2)C12CCN(S(=O)(=O)C1CCOCC1)CC2. The fourth-order valence-corrected chi connectivity index (χ4v) is 8.28. The lowest BCUT2D eigenvalue weighted by atomic mass is 9.66. The molecule has 0 saturated carbocycles. The first-order chi connectivity index (χ1) is 16.3. The highest BCUT2D eigenvalue weighted by Gasteiger charge is 2.58. The lowest BCUT2D eigenvalue weighted by Gasteiger charge is -2.57. The summed E-state index contributed by atoms with van der Waals surface area (Å²) in [6, 6.07) is 7.38. The first-order valence-corrected chi connectivity index (χ1v) is 14.1. The molecule has 4 aliphatic rings. The van der Waals surface area contributed by atoms with Crippen LogP contribution in [0.1, 0.15) is 67.8 Å². The first kappa shape index (κ1) is 23.8. The molecule has 0 radical (unpaired) electrons. The summed E-state index contributed by atoms with van der Waals surface area (Å²) in [7, 11) is -3.45. The zero-order chi connectivity index (χ0) is 24.1. The van der Waals surface area contributed by atoms with E-state index in [0.29, 0.717) is 57.6 Å². The predicted octanol–water partition coefficient (Wildman–Crippen LogP) is 2.21. The average Bonchev–Trinajstić information content (AvgIpc) is 2.79. The summed E-state index contributed by atoms with van der Waals surface area (Å²) in [5.41, 5.74) is 0.661. The zero-order valence-electron chi connectivity index (χ0n) is 20.1. The number of likely N-dealkylation sites (tertiary alicyclic amines) is 1. The van der Waals surface area contributed by atoms with Crippen molar-refractivity contribution in [2.24, 2.45) is 0 Å². The quantitative estimate of drug-likeness (QED) is 0.647. The standard InChI is InChI=1S/C25H35N3O5S/c1-18(2)28-23(29)21-7-4-3-6-20(21)22(24(30)26-12-5-13-26)25(28)10-14-27(15-11-25)34(31,32)19-8-16-33-17-9-19/h3-4,6-7,18-19,22H,5,8-17H2,1-2H3. The molecule has 2 amide bonds. The fraction of sp³-hybridized carbons (Fsp3) is 0.680. The van der Waals surface area contributed by atoms with Crippen molar-refractivity contribution in [1.29, 1.82) is 0 Å². The molecule has 0 aromatic heterocycles. The number of sulfonamides is 1. The molecule has 34 heavy (non-hydrogen) atoms. The van der Waals surface area contributed by atoms with Crippen LogP contribution in [-0.4, -0.2) is 90.6 Å². The molecule has 0 bridgehead atoms. The third-order valence-corrected chi connectivity index (χ3v) is 10.6. The Morgan fingerprint density at radius 3 is 2.29 bits per heavy atom. The molecule has 1 unspecified atom stereocenters. The van der Waals surface area contributed by atoms with Gasteiger partial charge >= 0.3 is 0 Å². The Hall–Kier alpha value is -1.97. The van der Waals surface area contributed by atoms with Gasteiger partial charge in [-0.15, -0.1) is 0 Å². The molecule has 0 N–H and O–H groups in total. The monoisotopic (exact) mass is 489 g/mol. The maximum absolute atomic E-state index is 13.9. The van der Waals surface area contributed by atoms with Crippen LogP contribution in [0.3, 0.4) is 0 Å². The number of benzene rings is 1. The maximum atomic E-state index is 13.9. The van der Waals surface area contributed by atoms with Gasteiger partial charge in [-0.1, -0.05) is 18.2 Å². The van der Waals surface area contributed by atoms with Gasteiger partial charge in [0, 0.05) is 51.0 Å². The van der Waals surface area contributed by atoms with E-state index in [4.69, 9.17) is 4.74 Å². The van der Waals surface area contributed by atoms with E-state index in [2.05, 4.69) is 0 Å². The van der Waals surface area contributed by atoms with Gasteiger partial charge in [0.05, 0.1) is 16.7 Å². The third kappa shape index (κ3) is 3.67. The van der Waals surface area contributed by atoms with E-state index < -0.39 is 26.7 Å². The summed E-state index contributed by atoms with van der Waals surface area (Å²) in [6.07, 6.45) is 2.95. The first-order valence-electron chi connectivity index (χ1n) is 12.6. The molecule has 1 atom stereocenters. The van der Waals surface area contributed by atoms with Crippen molar-refractivity contribution in [1.82, 2.24) is 14.1 Å². The highest BCUT2D eigenvalue weighted by molar-refractivity contribution is 7.89. The summed E-state index contributed by atoms with van der Waals surface area (Å²) >= 11 is 0. The molecular weight excluding hydrogens is 454 g/mol. The Morgan fingerprint density at radius 2 is 1.71 bits per heavy atom. The Morgan fingerprint density at radius 1 is 1.06 bits per heavy atom. The van der Waals surface area contributed by atoms with Crippen LogP contribution in [-0.2, 0) is 19.6 Å².